The van der Waals surface area contributed by atoms with Gasteiger partial charge in [0.1, 0.15) is 6.61 Å². The molecule has 2 aromatic heterocycles. The van der Waals surface area contributed by atoms with Gasteiger partial charge in [-0.3, -0.25) is 4.57 Å². The molecule has 0 aliphatic carbocycles. The van der Waals surface area contributed by atoms with Crippen LogP contribution in [0.5, 0.6) is 6.01 Å². The summed E-state index contributed by atoms with van der Waals surface area (Å²) >= 11 is 1.85. The number of ether oxygens (including phenoxy) is 1. The Bertz CT molecular complexity index is 1610. The van der Waals surface area contributed by atoms with Gasteiger partial charge in [0.05, 0.1) is 16.7 Å². The monoisotopic (exact) mass is 404 g/mol. The van der Waals surface area contributed by atoms with Gasteiger partial charge < -0.3 is 4.74 Å². The molecular formula is C26H16N2OS. The van der Waals surface area contributed by atoms with Crippen LogP contribution < -0.4 is 4.74 Å². The number of thiophene rings is 1. The van der Waals surface area contributed by atoms with Crippen molar-refractivity contribution >= 4 is 42.5 Å². The van der Waals surface area contributed by atoms with Crippen molar-refractivity contribution in [2.24, 2.45) is 0 Å². The highest BCUT2D eigenvalue weighted by Gasteiger charge is 2.21. The zero-order chi connectivity index (χ0) is 19.7. The molecule has 0 N–H and O–H groups in total. The van der Waals surface area contributed by atoms with Crippen LogP contribution in [0.15, 0.2) is 84.9 Å². The maximum Gasteiger partial charge on any atom is 0.302 e. The van der Waals surface area contributed by atoms with E-state index in [0.717, 1.165) is 16.7 Å². The van der Waals surface area contributed by atoms with Gasteiger partial charge >= 0.3 is 6.01 Å². The molecule has 142 valence electrons. The number of rotatable bonds is 1. The summed E-state index contributed by atoms with van der Waals surface area (Å²) in [6, 6.07) is 30.9. The van der Waals surface area contributed by atoms with Crippen LogP contribution in [0.3, 0.4) is 0 Å². The fourth-order valence-electron chi connectivity index (χ4n) is 4.46. The van der Waals surface area contributed by atoms with E-state index in [1.807, 2.05) is 29.5 Å². The summed E-state index contributed by atoms with van der Waals surface area (Å²) in [6.45, 7) is 0.549. The summed E-state index contributed by atoms with van der Waals surface area (Å²) in [4.78, 5) is 4.66. The molecule has 0 amide bonds. The summed E-state index contributed by atoms with van der Waals surface area (Å²) in [5.41, 5.74) is 6.79. The molecule has 0 saturated carbocycles. The number of para-hydroxylation sites is 2. The first kappa shape index (κ1) is 16.2. The predicted molar refractivity (Wildman–Crippen MR) is 124 cm³/mol. The van der Waals surface area contributed by atoms with E-state index in [4.69, 9.17) is 4.74 Å². The van der Waals surface area contributed by atoms with Crippen molar-refractivity contribution in [1.29, 1.82) is 0 Å². The second-order valence-corrected chi connectivity index (χ2v) is 8.74. The molecule has 1 aliphatic rings. The molecule has 4 heteroatoms. The Balaban J connectivity index is 1.45. The maximum absolute atomic E-state index is 5.93. The molecule has 0 unspecified atom stereocenters. The number of hydrogen-bond donors (Lipinski definition) is 0. The van der Waals surface area contributed by atoms with Crippen molar-refractivity contribution in [3.05, 3.63) is 90.5 Å². The van der Waals surface area contributed by atoms with Gasteiger partial charge in [-0.2, -0.15) is 4.98 Å². The first-order valence-electron chi connectivity index (χ1n) is 10.0. The molecule has 3 nitrogen and oxygen atoms in total. The molecule has 0 spiro atoms. The lowest BCUT2D eigenvalue weighted by atomic mass is 10.00. The maximum atomic E-state index is 5.93. The van der Waals surface area contributed by atoms with Crippen LogP contribution in [-0.4, -0.2) is 9.55 Å². The van der Waals surface area contributed by atoms with Crippen molar-refractivity contribution in [1.82, 2.24) is 9.55 Å². The molecule has 0 atom stereocenters. The van der Waals surface area contributed by atoms with Crippen LogP contribution in [0, 0.1) is 0 Å². The summed E-state index contributed by atoms with van der Waals surface area (Å²) in [7, 11) is 0. The highest BCUT2D eigenvalue weighted by Crippen LogP contribution is 2.38. The van der Waals surface area contributed by atoms with Gasteiger partial charge in [-0.25, -0.2) is 0 Å². The first-order valence-corrected chi connectivity index (χ1v) is 10.8. The molecule has 3 heterocycles. The molecule has 1 aliphatic heterocycles. The average molecular weight is 404 g/mol. The third-order valence-corrected chi connectivity index (χ3v) is 7.07. The van der Waals surface area contributed by atoms with Crippen LogP contribution in [0.2, 0.25) is 0 Å². The van der Waals surface area contributed by atoms with E-state index in [1.54, 1.807) is 0 Å². The molecule has 4 aromatic carbocycles. The van der Waals surface area contributed by atoms with Crippen LogP contribution in [0.25, 0.3) is 48.0 Å². The largest absolute Gasteiger partial charge is 0.459 e. The summed E-state index contributed by atoms with van der Waals surface area (Å²) in [5.74, 6) is 0. The van der Waals surface area contributed by atoms with Crippen LogP contribution >= 0.6 is 11.3 Å². The quantitative estimate of drug-likeness (QED) is 0.296. The Morgan fingerprint density at radius 2 is 1.57 bits per heavy atom. The fraction of sp³-hybridized carbons (Fsp3) is 0.0385. The van der Waals surface area contributed by atoms with E-state index in [9.17, 15) is 0 Å². The first-order chi connectivity index (χ1) is 14.8. The average Bonchev–Trinajstić information content (AvgIpc) is 3.36. The van der Waals surface area contributed by atoms with Gasteiger partial charge in [-0.05, 0) is 47.5 Å². The third kappa shape index (κ3) is 2.22. The summed E-state index contributed by atoms with van der Waals surface area (Å²) in [5, 5.41) is 2.65. The second-order valence-electron chi connectivity index (χ2n) is 7.66. The summed E-state index contributed by atoms with van der Waals surface area (Å²) in [6.07, 6.45) is 0. The van der Waals surface area contributed by atoms with Gasteiger partial charge in [0.2, 0.25) is 0 Å². The zero-order valence-electron chi connectivity index (χ0n) is 16.0. The minimum absolute atomic E-state index is 0.549. The van der Waals surface area contributed by atoms with Crippen molar-refractivity contribution in [3.63, 3.8) is 0 Å². The Morgan fingerprint density at radius 1 is 0.767 bits per heavy atom. The van der Waals surface area contributed by atoms with Crippen molar-refractivity contribution in [2.45, 2.75) is 6.61 Å². The Labute approximate surface area is 176 Å². The zero-order valence-corrected chi connectivity index (χ0v) is 16.8. The molecule has 30 heavy (non-hydrogen) atoms. The number of benzene rings is 4. The summed E-state index contributed by atoms with van der Waals surface area (Å²) < 4.78 is 10.7. The van der Waals surface area contributed by atoms with Gasteiger partial charge in [-0.1, -0.05) is 48.5 Å². The van der Waals surface area contributed by atoms with Crippen LogP contribution in [0.1, 0.15) is 5.56 Å². The lowest BCUT2D eigenvalue weighted by molar-refractivity contribution is 0.266. The molecule has 0 fully saturated rings. The number of hydrogen-bond acceptors (Lipinski definition) is 3. The highest BCUT2D eigenvalue weighted by atomic mass is 32.1. The number of fused-ring (bicyclic) bond motifs is 8. The Morgan fingerprint density at radius 3 is 2.57 bits per heavy atom. The molecular weight excluding hydrogens is 388 g/mol. The molecule has 0 bridgehead atoms. The van der Waals surface area contributed by atoms with E-state index in [0.29, 0.717) is 12.6 Å². The van der Waals surface area contributed by atoms with E-state index >= 15 is 0 Å². The standard InChI is InChI=1S/C26H16N2OS/c1-4-8-24-19(5-1)20-13-16(11-12-25(20)30-24)17-9-10-18-15-29-26-27-21-6-2-3-7-22(21)28(26)23(18)14-17/h1-14H,15H2. The molecule has 0 saturated heterocycles. The molecule has 6 aromatic rings. The van der Waals surface area contributed by atoms with Crippen LogP contribution in [0.4, 0.5) is 0 Å². The number of imidazole rings is 1. The van der Waals surface area contributed by atoms with Gasteiger partial charge in [-0.15, -0.1) is 11.3 Å². The van der Waals surface area contributed by atoms with Gasteiger partial charge in [0.25, 0.3) is 0 Å². The van der Waals surface area contributed by atoms with Crippen LogP contribution in [-0.2, 0) is 6.61 Å². The molecule has 0 radical (unpaired) electrons. The number of nitrogens with zero attached hydrogens (tertiary/aromatic N) is 2. The minimum Gasteiger partial charge on any atom is -0.459 e. The normalized spacial score (nSPS) is 12.8. The van der Waals surface area contributed by atoms with E-state index < -0.39 is 0 Å². The Kier molecular flexibility index (Phi) is 3.21. The van der Waals surface area contributed by atoms with Crippen molar-refractivity contribution in [2.75, 3.05) is 0 Å². The van der Waals surface area contributed by atoms with Gasteiger partial charge in [0, 0.05) is 25.7 Å². The van der Waals surface area contributed by atoms with E-state index in [2.05, 4.69) is 76.3 Å². The second kappa shape index (κ2) is 5.94. The fourth-order valence-corrected chi connectivity index (χ4v) is 5.54. The van der Waals surface area contributed by atoms with E-state index in [1.165, 1.54) is 36.9 Å². The van der Waals surface area contributed by atoms with Crippen molar-refractivity contribution < 1.29 is 4.74 Å². The predicted octanol–water partition coefficient (Wildman–Crippen LogP) is 6.95. The van der Waals surface area contributed by atoms with Crippen molar-refractivity contribution in [3.8, 4) is 22.8 Å². The number of aromatic nitrogens is 2. The third-order valence-electron chi connectivity index (χ3n) is 5.92. The highest BCUT2D eigenvalue weighted by molar-refractivity contribution is 7.25. The Hall–Kier alpha value is -3.63. The van der Waals surface area contributed by atoms with E-state index in [-0.39, 0.29) is 0 Å². The lowest BCUT2D eigenvalue weighted by Gasteiger charge is -2.20. The smallest absolute Gasteiger partial charge is 0.302 e. The lowest BCUT2D eigenvalue weighted by Crippen LogP contribution is -2.12. The topological polar surface area (TPSA) is 27.1 Å². The SMILES string of the molecule is c1ccc2c(c1)nc1n2-c2cc(-c3ccc4sc5ccccc5c4c3)ccc2CO1. The van der Waals surface area contributed by atoms with Gasteiger partial charge in [0.15, 0.2) is 0 Å². The molecule has 7 rings (SSSR count). The minimum atomic E-state index is 0.549.